The first-order chi connectivity index (χ1) is 7.77. The van der Waals surface area contributed by atoms with Crippen LogP contribution in [0.2, 0.25) is 0 Å². The number of fused-ring (bicyclic) bond motifs is 3. The predicted octanol–water partition coefficient (Wildman–Crippen LogP) is 3.25. The Bertz CT molecular complexity index is 651. The molecule has 2 N–H and O–H groups in total. The number of nitrogens with one attached hydrogen (secondary N) is 2. The van der Waals surface area contributed by atoms with Crippen molar-refractivity contribution in [2.24, 2.45) is 0 Å². The van der Waals surface area contributed by atoms with Gasteiger partial charge in [-0.25, -0.2) is 0 Å². The first-order valence-corrected chi connectivity index (χ1v) is 5.15. The van der Waals surface area contributed by atoms with Gasteiger partial charge in [0.25, 0.3) is 0 Å². The summed E-state index contributed by atoms with van der Waals surface area (Å²) in [5.74, 6) is 0. The average molecular weight is 206 g/mol. The van der Waals surface area contributed by atoms with Gasteiger partial charge in [-0.2, -0.15) is 0 Å². The fraction of sp³-hybridized carbons (Fsp3) is 0. The van der Waals surface area contributed by atoms with Crippen LogP contribution in [0, 0.1) is 10.8 Å². The highest BCUT2D eigenvalue weighted by Gasteiger charge is 2.15. The van der Waals surface area contributed by atoms with Gasteiger partial charge in [0.1, 0.15) is 0 Å². The van der Waals surface area contributed by atoms with E-state index in [1.165, 1.54) is 5.39 Å². The minimum atomic E-state index is 0.280. The summed E-state index contributed by atoms with van der Waals surface area (Å²) in [7, 11) is 0. The topological polar surface area (TPSA) is 47.7 Å². The molecule has 0 saturated heterocycles. The number of benzene rings is 2. The van der Waals surface area contributed by atoms with E-state index in [-0.39, 0.29) is 5.71 Å². The fourth-order valence-electron chi connectivity index (χ4n) is 2.09. The lowest BCUT2D eigenvalue weighted by atomic mass is 9.90. The van der Waals surface area contributed by atoms with Gasteiger partial charge in [-0.15, -0.1) is 0 Å². The lowest BCUT2D eigenvalue weighted by molar-refractivity contribution is 1.46. The molecule has 2 aromatic rings. The third kappa shape index (κ3) is 1.13. The monoisotopic (exact) mass is 206 g/mol. The maximum atomic E-state index is 7.88. The van der Waals surface area contributed by atoms with Crippen LogP contribution in [0.3, 0.4) is 0 Å². The molecule has 2 nitrogen and oxygen atoms in total. The summed E-state index contributed by atoms with van der Waals surface area (Å²) < 4.78 is 0. The first-order valence-electron chi connectivity index (χ1n) is 5.15. The van der Waals surface area contributed by atoms with E-state index >= 15 is 0 Å². The van der Waals surface area contributed by atoms with Crippen molar-refractivity contribution in [2.75, 3.05) is 0 Å². The molecule has 0 radical (unpaired) electrons. The highest BCUT2D eigenvalue weighted by atomic mass is 14.5. The third-order valence-corrected chi connectivity index (χ3v) is 2.93. The van der Waals surface area contributed by atoms with E-state index in [9.17, 15) is 0 Å². The molecule has 0 bridgehead atoms. The summed E-state index contributed by atoms with van der Waals surface area (Å²) in [5, 5.41) is 17.8. The number of hydrogen-bond acceptors (Lipinski definition) is 2. The molecule has 3 rings (SSSR count). The number of hydrogen-bond donors (Lipinski definition) is 2. The van der Waals surface area contributed by atoms with E-state index in [0.29, 0.717) is 5.71 Å². The van der Waals surface area contributed by atoms with Crippen molar-refractivity contribution in [1.82, 2.24) is 0 Å². The van der Waals surface area contributed by atoms with Gasteiger partial charge in [-0.1, -0.05) is 42.5 Å². The molecule has 1 aliphatic carbocycles. The summed E-state index contributed by atoms with van der Waals surface area (Å²) in [6.45, 7) is 0. The van der Waals surface area contributed by atoms with Gasteiger partial charge >= 0.3 is 0 Å². The van der Waals surface area contributed by atoms with E-state index in [1.807, 2.05) is 30.3 Å². The third-order valence-electron chi connectivity index (χ3n) is 2.93. The zero-order valence-corrected chi connectivity index (χ0v) is 8.62. The second kappa shape index (κ2) is 3.14. The summed E-state index contributed by atoms with van der Waals surface area (Å²) in [5.41, 5.74) is 2.50. The summed E-state index contributed by atoms with van der Waals surface area (Å²) >= 11 is 0. The molecule has 76 valence electrons. The van der Waals surface area contributed by atoms with E-state index in [4.69, 9.17) is 10.8 Å². The summed E-state index contributed by atoms with van der Waals surface area (Å²) in [4.78, 5) is 0. The first kappa shape index (κ1) is 9.04. The molecule has 0 saturated carbocycles. The molecule has 0 unspecified atom stereocenters. The van der Waals surface area contributed by atoms with Gasteiger partial charge in [0, 0.05) is 5.56 Å². The standard InChI is InChI=1S/C14H10N2/c15-13-8-7-11-10-4-2-1-3-9(10)5-6-12(11)14(13)16/h1-8,15-16H. The minimum absolute atomic E-state index is 0.280. The SMILES string of the molecule is N=C1C=Cc2c(ccc3ccccc23)C1=N. The number of rotatable bonds is 0. The lowest BCUT2D eigenvalue weighted by Crippen LogP contribution is -2.15. The Morgan fingerprint density at radius 3 is 2.50 bits per heavy atom. The van der Waals surface area contributed by atoms with Crippen LogP contribution >= 0.6 is 0 Å². The van der Waals surface area contributed by atoms with Gasteiger partial charge in [0.15, 0.2) is 0 Å². The zero-order valence-electron chi connectivity index (χ0n) is 8.62. The zero-order chi connectivity index (χ0) is 11.1. The molecule has 16 heavy (non-hydrogen) atoms. The van der Waals surface area contributed by atoms with Crippen molar-refractivity contribution >= 4 is 28.3 Å². The smallest absolute Gasteiger partial charge is 0.0867 e. The Morgan fingerprint density at radius 1 is 0.812 bits per heavy atom. The van der Waals surface area contributed by atoms with Crippen LogP contribution in [0.15, 0.2) is 42.5 Å². The Kier molecular flexibility index (Phi) is 1.77. The van der Waals surface area contributed by atoms with E-state index < -0.39 is 0 Å². The molecule has 1 aliphatic rings. The summed E-state index contributed by atoms with van der Waals surface area (Å²) in [6, 6.07) is 12.1. The van der Waals surface area contributed by atoms with E-state index in [1.54, 1.807) is 6.08 Å². The lowest BCUT2D eigenvalue weighted by Gasteiger charge is -2.14. The van der Waals surface area contributed by atoms with Crippen molar-refractivity contribution in [3.63, 3.8) is 0 Å². The normalized spacial score (nSPS) is 14.2. The van der Waals surface area contributed by atoms with Gasteiger partial charge in [0.2, 0.25) is 0 Å². The molecule has 0 atom stereocenters. The minimum Gasteiger partial charge on any atom is -0.299 e. The average Bonchev–Trinajstić information content (AvgIpc) is 2.33. The second-order valence-corrected chi connectivity index (χ2v) is 3.87. The van der Waals surface area contributed by atoms with Crippen LogP contribution in [-0.4, -0.2) is 11.4 Å². The fourth-order valence-corrected chi connectivity index (χ4v) is 2.09. The van der Waals surface area contributed by atoms with Crippen LogP contribution in [0.5, 0.6) is 0 Å². The van der Waals surface area contributed by atoms with Gasteiger partial charge in [-0.3, -0.25) is 10.8 Å². The Balaban J connectivity index is 2.43. The van der Waals surface area contributed by atoms with Gasteiger partial charge in [-0.05, 0) is 22.4 Å². The van der Waals surface area contributed by atoms with Crippen molar-refractivity contribution in [3.8, 4) is 0 Å². The van der Waals surface area contributed by atoms with Crippen molar-refractivity contribution < 1.29 is 0 Å². The van der Waals surface area contributed by atoms with Crippen LogP contribution in [0.1, 0.15) is 11.1 Å². The molecule has 0 spiro atoms. The van der Waals surface area contributed by atoms with Gasteiger partial charge in [0.05, 0.1) is 11.4 Å². The highest BCUT2D eigenvalue weighted by molar-refractivity contribution is 6.52. The van der Waals surface area contributed by atoms with Crippen LogP contribution in [0.4, 0.5) is 0 Å². The van der Waals surface area contributed by atoms with Crippen LogP contribution in [-0.2, 0) is 0 Å². The second-order valence-electron chi connectivity index (χ2n) is 3.87. The number of allylic oxidation sites excluding steroid dienone is 1. The molecule has 0 aliphatic heterocycles. The van der Waals surface area contributed by atoms with Crippen LogP contribution in [0.25, 0.3) is 16.8 Å². The molecule has 0 amide bonds. The van der Waals surface area contributed by atoms with Crippen LogP contribution < -0.4 is 0 Å². The molecule has 0 aromatic heterocycles. The van der Waals surface area contributed by atoms with Crippen molar-refractivity contribution in [1.29, 1.82) is 10.8 Å². The van der Waals surface area contributed by atoms with Crippen molar-refractivity contribution in [2.45, 2.75) is 0 Å². The quantitative estimate of drug-likeness (QED) is 0.664. The van der Waals surface area contributed by atoms with Crippen molar-refractivity contribution in [3.05, 3.63) is 53.6 Å². The maximum Gasteiger partial charge on any atom is 0.0867 e. The molecular weight excluding hydrogens is 196 g/mol. The molecule has 0 fully saturated rings. The molecule has 2 heteroatoms. The Hall–Kier alpha value is -2.22. The van der Waals surface area contributed by atoms with E-state index in [0.717, 1.165) is 16.5 Å². The maximum absolute atomic E-state index is 7.88. The molecular formula is C14H10N2. The van der Waals surface area contributed by atoms with Gasteiger partial charge < -0.3 is 0 Å². The Labute approximate surface area is 93.2 Å². The molecule has 0 heterocycles. The summed E-state index contributed by atoms with van der Waals surface area (Å²) in [6.07, 6.45) is 3.62. The predicted molar refractivity (Wildman–Crippen MR) is 67.5 cm³/mol. The molecule has 2 aromatic carbocycles. The van der Waals surface area contributed by atoms with E-state index in [2.05, 4.69) is 12.1 Å². The highest BCUT2D eigenvalue weighted by Crippen LogP contribution is 2.26. The Morgan fingerprint density at radius 2 is 1.62 bits per heavy atom. The largest absolute Gasteiger partial charge is 0.299 e.